The van der Waals surface area contributed by atoms with Crippen LogP contribution in [0.5, 0.6) is 0 Å². The maximum Gasteiger partial charge on any atom is 0.243 e. The molecule has 2 aliphatic rings. The van der Waals surface area contributed by atoms with Gasteiger partial charge in [0.15, 0.2) is 0 Å². The van der Waals surface area contributed by atoms with Crippen molar-refractivity contribution in [2.45, 2.75) is 37.1 Å². The lowest BCUT2D eigenvalue weighted by atomic mass is 10.4. The van der Waals surface area contributed by atoms with Crippen molar-refractivity contribution in [1.82, 2.24) is 4.31 Å². The molecule has 0 aliphatic heterocycles. The van der Waals surface area contributed by atoms with Gasteiger partial charge < -0.3 is 5.73 Å². The number of rotatable bonds is 7. The minimum absolute atomic E-state index is 0.408. The largest absolute Gasteiger partial charge is 0.326 e. The summed E-state index contributed by atoms with van der Waals surface area (Å²) in [5.74, 6) is 1.17. The summed E-state index contributed by atoms with van der Waals surface area (Å²) in [5, 5.41) is 1.73. The van der Waals surface area contributed by atoms with Gasteiger partial charge in [0, 0.05) is 29.9 Å². The second-order valence-electron chi connectivity index (χ2n) is 5.66. The standard InChI is InChI=1S/C13H20N2O2S2/c14-6-12-5-13(9-18-12)19(16,17)15(7-10-1-2-10)8-11-3-4-11/h5,9-11H,1-4,6-8,14H2. The summed E-state index contributed by atoms with van der Waals surface area (Å²) in [7, 11) is -3.31. The number of sulfonamides is 1. The van der Waals surface area contributed by atoms with Crippen LogP contribution < -0.4 is 5.73 Å². The van der Waals surface area contributed by atoms with Gasteiger partial charge in [-0.1, -0.05) is 0 Å². The maximum atomic E-state index is 12.7. The average Bonchev–Trinajstić information content (AvgIpc) is 3.30. The van der Waals surface area contributed by atoms with E-state index in [0.717, 1.165) is 4.88 Å². The van der Waals surface area contributed by atoms with Gasteiger partial charge in [0.2, 0.25) is 10.0 Å². The first-order chi connectivity index (χ1) is 9.09. The van der Waals surface area contributed by atoms with Crippen LogP contribution in [0.2, 0.25) is 0 Å². The Morgan fingerprint density at radius 3 is 2.21 bits per heavy atom. The molecule has 0 atom stereocenters. The molecule has 0 bridgehead atoms. The zero-order valence-electron chi connectivity index (χ0n) is 10.9. The van der Waals surface area contributed by atoms with Crippen molar-refractivity contribution in [2.24, 2.45) is 17.6 Å². The third kappa shape index (κ3) is 3.18. The summed E-state index contributed by atoms with van der Waals surface area (Å²) < 4.78 is 27.1. The lowest BCUT2D eigenvalue weighted by molar-refractivity contribution is 0.382. The number of nitrogens with zero attached hydrogens (tertiary/aromatic N) is 1. The molecule has 3 rings (SSSR count). The molecular formula is C13H20N2O2S2. The third-order valence-corrected chi connectivity index (χ3v) is 6.70. The molecule has 106 valence electrons. The zero-order valence-corrected chi connectivity index (χ0v) is 12.5. The highest BCUT2D eigenvalue weighted by molar-refractivity contribution is 7.89. The first-order valence-corrected chi connectivity index (χ1v) is 9.19. The van der Waals surface area contributed by atoms with Gasteiger partial charge in [-0.15, -0.1) is 11.3 Å². The minimum Gasteiger partial charge on any atom is -0.326 e. The predicted octanol–water partition coefficient (Wildman–Crippen LogP) is 2.02. The van der Waals surface area contributed by atoms with E-state index in [-0.39, 0.29) is 0 Å². The van der Waals surface area contributed by atoms with Crippen LogP contribution >= 0.6 is 11.3 Å². The van der Waals surface area contributed by atoms with Crippen molar-refractivity contribution in [1.29, 1.82) is 0 Å². The van der Waals surface area contributed by atoms with Crippen LogP contribution in [0.25, 0.3) is 0 Å². The van der Waals surface area contributed by atoms with Crippen LogP contribution in [0.3, 0.4) is 0 Å². The molecular weight excluding hydrogens is 280 g/mol. The van der Waals surface area contributed by atoms with Gasteiger partial charge >= 0.3 is 0 Å². The maximum absolute atomic E-state index is 12.7. The minimum atomic E-state index is -3.31. The number of hydrogen-bond donors (Lipinski definition) is 1. The van der Waals surface area contributed by atoms with E-state index in [2.05, 4.69) is 0 Å². The average molecular weight is 300 g/mol. The van der Waals surface area contributed by atoms with Crippen molar-refractivity contribution >= 4 is 21.4 Å². The number of hydrogen-bond acceptors (Lipinski definition) is 4. The van der Waals surface area contributed by atoms with Crippen molar-refractivity contribution in [3.8, 4) is 0 Å². The normalized spacial score (nSPS) is 20.1. The van der Waals surface area contributed by atoms with Crippen LogP contribution in [-0.4, -0.2) is 25.8 Å². The summed E-state index contributed by atoms with van der Waals surface area (Å²) in [6, 6.07) is 1.73. The van der Waals surface area contributed by atoms with Crippen LogP contribution in [0.4, 0.5) is 0 Å². The Balaban J connectivity index is 1.80. The van der Waals surface area contributed by atoms with Crippen LogP contribution in [0.15, 0.2) is 16.3 Å². The third-order valence-electron chi connectivity index (χ3n) is 3.79. The zero-order chi connectivity index (χ0) is 13.5. The van der Waals surface area contributed by atoms with E-state index in [0.29, 0.717) is 36.4 Å². The van der Waals surface area contributed by atoms with E-state index in [1.807, 2.05) is 0 Å². The molecule has 1 aromatic heterocycles. The summed E-state index contributed by atoms with van der Waals surface area (Å²) in [4.78, 5) is 1.36. The fourth-order valence-electron chi connectivity index (χ4n) is 2.20. The van der Waals surface area contributed by atoms with Gasteiger partial charge in [0.1, 0.15) is 0 Å². The van der Waals surface area contributed by atoms with Gasteiger partial charge in [-0.25, -0.2) is 8.42 Å². The Kier molecular flexibility index (Phi) is 3.68. The van der Waals surface area contributed by atoms with E-state index in [1.165, 1.54) is 37.0 Å². The molecule has 1 heterocycles. The fraction of sp³-hybridized carbons (Fsp3) is 0.692. The van der Waals surface area contributed by atoms with Crippen LogP contribution in [-0.2, 0) is 16.6 Å². The Hall–Kier alpha value is -0.430. The Morgan fingerprint density at radius 2 is 1.79 bits per heavy atom. The van der Waals surface area contributed by atoms with Crippen molar-refractivity contribution in [3.63, 3.8) is 0 Å². The van der Waals surface area contributed by atoms with Gasteiger partial charge in [0.05, 0.1) is 4.90 Å². The molecule has 2 saturated carbocycles. The van der Waals surface area contributed by atoms with E-state index in [9.17, 15) is 8.42 Å². The summed E-state index contributed by atoms with van der Waals surface area (Å²) in [5.41, 5.74) is 5.57. The quantitative estimate of drug-likeness (QED) is 0.838. The lowest BCUT2D eigenvalue weighted by Crippen LogP contribution is -2.34. The lowest BCUT2D eigenvalue weighted by Gasteiger charge is -2.21. The molecule has 4 nitrogen and oxygen atoms in total. The van der Waals surface area contributed by atoms with Gasteiger partial charge in [-0.3, -0.25) is 0 Å². The molecule has 6 heteroatoms. The van der Waals surface area contributed by atoms with Crippen molar-refractivity contribution in [2.75, 3.05) is 13.1 Å². The van der Waals surface area contributed by atoms with E-state index >= 15 is 0 Å². The second-order valence-corrected chi connectivity index (χ2v) is 8.60. The van der Waals surface area contributed by atoms with Gasteiger partial charge in [0.25, 0.3) is 0 Å². The summed E-state index contributed by atoms with van der Waals surface area (Å²) in [6.07, 6.45) is 4.70. The molecule has 19 heavy (non-hydrogen) atoms. The number of thiophene rings is 1. The first-order valence-electron chi connectivity index (χ1n) is 6.87. The monoisotopic (exact) mass is 300 g/mol. The molecule has 0 aromatic carbocycles. The highest BCUT2D eigenvalue weighted by Gasteiger charge is 2.35. The second kappa shape index (κ2) is 5.16. The topological polar surface area (TPSA) is 63.4 Å². The van der Waals surface area contributed by atoms with E-state index in [4.69, 9.17) is 5.73 Å². The molecule has 0 saturated heterocycles. The number of nitrogens with two attached hydrogens (primary N) is 1. The van der Waals surface area contributed by atoms with Crippen molar-refractivity contribution in [3.05, 3.63) is 16.3 Å². The molecule has 0 spiro atoms. The van der Waals surface area contributed by atoms with Gasteiger partial charge in [-0.2, -0.15) is 4.31 Å². The molecule has 2 aliphatic carbocycles. The SMILES string of the molecule is NCc1cc(S(=O)(=O)N(CC2CC2)CC2CC2)cs1. The van der Waals surface area contributed by atoms with Crippen LogP contribution in [0, 0.1) is 11.8 Å². The van der Waals surface area contributed by atoms with Crippen LogP contribution in [0.1, 0.15) is 30.6 Å². The Morgan fingerprint density at radius 1 is 1.21 bits per heavy atom. The van der Waals surface area contributed by atoms with Crippen molar-refractivity contribution < 1.29 is 8.42 Å². The Bertz CT molecular complexity index is 531. The smallest absolute Gasteiger partial charge is 0.243 e. The molecule has 2 N–H and O–H groups in total. The Labute approximate surface area is 118 Å². The first kappa shape index (κ1) is 13.5. The summed E-state index contributed by atoms with van der Waals surface area (Å²) >= 11 is 1.43. The molecule has 1 aromatic rings. The summed E-state index contributed by atoms with van der Waals surface area (Å²) in [6.45, 7) is 1.81. The highest BCUT2D eigenvalue weighted by Crippen LogP contribution is 2.36. The van der Waals surface area contributed by atoms with E-state index < -0.39 is 10.0 Å². The molecule has 0 amide bonds. The predicted molar refractivity (Wildman–Crippen MR) is 76.4 cm³/mol. The molecule has 0 unspecified atom stereocenters. The highest BCUT2D eigenvalue weighted by atomic mass is 32.2. The fourth-order valence-corrected chi connectivity index (χ4v) is 4.94. The van der Waals surface area contributed by atoms with Gasteiger partial charge in [-0.05, 0) is 43.6 Å². The van der Waals surface area contributed by atoms with E-state index in [1.54, 1.807) is 15.8 Å². The molecule has 2 fully saturated rings. The molecule has 0 radical (unpaired) electrons.